The fraction of sp³-hybridized carbons (Fsp3) is 0.345. The molecule has 11 nitrogen and oxygen atoms in total. The lowest BCUT2D eigenvalue weighted by atomic mass is 9.81. The lowest BCUT2D eigenvalue weighted by Crippen LogP contribution is -2.38. The average Bonchev–Trinajstić information content (AvgIpc) is 3.76. The number of alkyl halides is 2. The minimum atomic E-state index is -2.73. The summed E-state index contributed by atoms with van der Waals surface area (Å²) in [5, 5.41) is 10.9. The summed E-state index contributed by atoms with van der Waals surface area (Å²) in [6.45, 7) is 4.93. The molecule has 0 bridgehead atoms. The predicted octanol–water partition coefficient (Wildman–Crippen LogP) is 4.48. The number of benzene rings is 1. The Kier molecular flexibility index (Phi) is 6.94. The van der Waals surface area contributed by atoms with Crippen LogP contribution < -0.4 is 5.32 Å². The van der Waals surface area contributed by atoms with Crippen molar-refractivity contribution >= 4 is 17.2 Å². The maximum atomic E-state index is 14.8. The van der Waals surface area contributed by atoms with E-state index in [1.54, 1.807) is 22.9 Å². The number of anilines is 1. The average molecular weight is 593 g/mol. The zero-order valence-corrected chi connectivity index (χ0v) is 22.9. The number of rotatable bonds is 8. The Morgan fingerprint density at radius 3 is 2.65 bits per heavy atom. The number of pyridine rings is 1. The van der Waals surface area contributed by atoms with E-state index in [0.29, 0.717) is 11.2 Å². The summed E-state index contributed by atoms with van der Waals surface area (Å²) in [7, 11) is 0. The Morgan fingerprint density at radius 1 is 1.02 bits per heavy atom. The number of halogens is 3. The number of hydrogen-bond acceptors (Lipinski definition) is 8. The number of morpholine rings is 1. The van der Waals surface area contributed by atoms with Crippen molar-refractivity contribution in [1.29, 1.82) is 0 Å². The normalized spacial score (nSPS) is 17.3. The maximum Gasteiger partial charge on any atom is 0.274 e. The smallest absolute Gasteiger partial charge is 0.274 e. The van der Waals surface area contributed by atoms with Crippen LogP contribution >= 0.6 is 0 Å². The van der Waals surface area contributed by atoms with Crippen molar-refractivity contribution in [1.82, 2.24) is 34.2 Å². The van der Waals surface area contributed by atoms with Gasteiger partial charge in [0.25, 0.3) is 5.91 Å². The second-order valence-corrected chi connectivity index (χ2v) is 10.8. The molecule has 0 unspecified atom stereocenters. The van der Waals surface area contributed by atoms with E-state index in [-0.39, 0.29) is 35.9 Å². The highest BCUT2D eigenvalue weighted by Crippen LogP contribution is 2.48. The van der Waals surface area contributed by atoms with Crippen molar-refractivity contribution in [2.45, 2.75) is 31.2 Å². The molecule has 0 radical (unpaired) electrons. The Hall–Kier alpha value is -4.56. The minimum Gasteiger partial charge on any atom is -0.379 e. The first-order valence-corrected chi connectivity index (χ1v) is 13.9. The molecule has 43 heavy (non-hydrogen) atoms. The van der Waals surface area contributed by atoms with Gasteiger partial charge in [-0.25, -0.2) is 18.2 Å². The topological polar surface area (TPSA) is 116 Å². The molecule has 4 aromatic heterocycles. The van der Waals surface area contributed by atoms with Crippen molar-refractivity contribution in [3.05, 3.63) is 72.5 Å². The number of nitrogens with zero attached hydrogens (tertiary/aromatic N) is 7. The Balaban J connectivity index is 1.07. The van der Waals surface area contributed by atoms with Crippen LogP contribution in [0, 0.1) is 5.82 Å². The van der Waals surface area contributed by atoms with Crippen LogP contribution in [-0.4, -0.2) is 78.9 Å². The van der Waals surface area contributed by atoms with E-state index in [9.17, 15) is 18.0 Å². The molecule has 14 heteroatoms. The summed E-state index contributed by atoms with van der Waals surface area (Å²) < 4.78 is 55.3. The highest BCUT2D eigenvalue weighted by molar-refractivity contribution is 6.04. The third-order valence-corrected chi connectivity index (χ3v) is 7.81. The molecule has 1 aliphatic heterocycles. The van der Waals surface area contributed by atoms with Crippen LogP contribution in [0.4, 0.5) is 18.9 Å². The fourth-order valence-electron chi connectivity index (χ4n) is 5.32. The molecule has 1 aliphatic carbocycles. The van der Waals surface area contributed by atoms with Crippen molar-refractivity contribution in [2.24, 2.45) is 0 Å². The van der Waals surface area contributed by atoms with Gasteiger partial charge in [-0.3, -0.25) is 18.8 Å². The second kappa shape index (κ2) is 10.9. The molecule has 1 N–H and O–H groups in total. The lowest BCUT2D eigenvalue weighted by molar-refractivity contribution is -0.0925. The number of aromatic nitrogens is 6. The molecule has 7 rings (SSSR count). The molecule has 0 spiro atoms. The van der Waals surface area contributed by atoms with Crippen molar-refractivity contribution in [3.8, 4) is 22.5 Å². The first-order valence-electron chi connectivity index (χ1n) is 13.9. The van der Waals surface area contributed by atoms with Crippen molar-refractivity contribution in [2.75, 3.05) is 38.2 Å². The van der Waals surface area contributed by atoms with Gasteiger partial charge in [0.05, 0.1) is 37.8 Å². The number of hydrogen-bond donors (Lipinski definition) is 1. The third kappa shape index (κ3) is 5.62. The van der Waals surface area contributed by atoms with Crippen molar-refractivity contribution < 1.29 is 27.2 Å². The Morgan fingerprint density at radius 2 is 1.84 bits per heavy atom. The van der Waals surface area contributed by atoms with Crippen LogP contribution in [0.5, 0.6) is 0 Å². The number of carbonyl (C=O) groups excluding carboxylic acids is 1. The molecule has 5 aromatic rings. The molecular weight excluding hydrogens is 565 g/mol. The SMILES string of the molecule is O=C(Nc1cc(-c2noc(C3CC(F)(F)C3)n2)ccc1F)c1cnc2ccc(-c3cnn(CCN4CCOCC4)c3)cn12. The molecular formula is C29H27F3N8O3. The Bertz CT molecular complexity index is 1780. The van der Waals surface area contributed by atoms with Crippen LogP contribution in [0.15, 0.2) is 59.6 Å². The van der Waals surface area contributed by atoms with E-state index in [1.165, 1.54) is 24.4 Å². The monoisotopic (exact) mass is 592 g/mol. The second-order valence-electron chi connectivity index (χ2n) is 10.8. The number of carbonyl (C=O) groups is 1. The molecule has 1 aromatic carbocycles. The number of amides is 1. The summed E-state index contributed by atoms with van der Waals surface area (Å²) in [5.41, 5.74) is 2.73. The number of imidazole rings is 1. The van der Waals surface area contributed by atoms with Crippen LogP contribution in [0.25, 0.3) is 28.2 Å². The van der Waals surface area contributed by atoms with Gasteiger partial charge in [-0.15, -0.1) is 0 Å². The predicted molar refractivity (Wildman–Crippen MR) is 148 cm³/mol. The van der Waals surface area contributed by atoms with Gasteiger partial charge in [-0.1, -0.05) is 5.16 Å². The van der Waals surface area contributed by atoms with E-state index in [2.05, 4.69) is 30.4 Å². The highest BCUT2D eigenvalue weighted by atomic mass is 19.3. The van der Waals surface area contributed by atoms with E-state index in [4.69, 9.17) is 9.26 Å². The Labute approximate surface area is 243 Å². The zero-order valence-electron chi connectivity index (χ0n) is 22.9. The summed E-state index contributed by atoms with van der Waals surface area (Å²) in [4.78, 5) is 24.2. The number of ether oxygens (including phenoxy) is 1. The standard InChI is InChI=1S/C29H27F3N8O3/c30-22-3-1-18(26-36-28(43-37-26)20-12-29(31,32)13-20)11-23(22)35-27(41)24-15-33-25-4-2-19(17-40(24)25)21-14-34-39(16-21)6-5-38-7-9-42-10-8-38/h1-4,11,14-17,20H,5-10,12-13H2,(H,35,41). The summed E-state index contributed by atoms with van der Waals surface area (Å²) in [5.74, 6) is -4.26. The van der Waals surface area contributed by atoms with Gasteiger partial charge in [-0.2, -0.15) is 10.1 Å². The lowest BCUT2D eigenvalue weighted by Gasteiger charge is -2.31. The summed E-state index contributed by atoms with van der Waals surface area (Å²) >= 11 is 0. The van der Waals surface area contributed by atoms with E-state index >= 15 is 0 Å². The van der Waals surface area contributed by atoms with Gasteiger partial charge in [-0.05, 0) is 30.3 Å². The first-order chi connectivity index (χ1) is 20.8. The van der Waals surface area contributed by atoms with Crippen LogP contribution in [0.3, 0.4) is 0 Å². The fourth-order valence-corrected chi connectivity index (χ4v) is 5.32. The van der Waals surface area contributed by atoms with Crippen molar-refractivity contribution in [3.63, 3.8) is 0 Å². The number of nitrogens with one attached hydrogen (secondary N) is 1. The molecule has 222 valence electrons. The first kappa shape index (κ1) is 27.3. The zero-order chi connectivity index (χ0) is 29.6. The van der Waals surface area contributed by atoms with Gasteiger partial charge in [0.2, 0.25) is 17.6 Å². The van der Waals surface area contributed by atoms with E-state index in [0.717, 1.165) is 50.5 Å². The van der Waals surface area contributed by atoms with Gasteiger partial charge < -0.3 is 14.6 Å². The van der Waals surface area contributed by atoms with Gasteiger partial charge >= 0.3 is 0 Å². The quantitative estimate of drug-likeness (QED) is 0.281. The van der Waals surface area contributed by atoms with Crippen LogP contribution in [0.2, 0.25) is 0 Å². The number of fused-ring (bicyclic) bond motifs is 1. The molecule has 1 amide bonds. The highest BCUT2D eigenvalue weighted by Gasteiger charge is 2.48. The third-order valence-electron chi connectivity index (χ3n) is 7.81. The largest absolute Gasteiger partial charge is 0.379 e. The van der Waals surface area contributed by atoms with Crippen LogP contribution in [-0.2, 0) is 11.3 Å². The molecule has 1 saturated carbocycles. The minimum absolute atomic E-state index is 0.100. The van der Waals surface area contributed by atoms with Gasteiger partial charge in [0, 0.05) is 67.5 Å². The van der Waals surface area contributed by atoms with E-state index < -0.39 is 23.6 Å². The molecule has 5 heterocycles. The maximum absolute atomic E-state index is 14.8. The molecule has 1 saturated heterocycles. The van der Waals surface area contributed by atoms with Gasteiger partial charge in [0.1, 0.15) is 17.2 Å². The molecule has 2 fully saturated rings. The van der Waals surface area contributed by atoms with E-state index in [1.807, 2.05) is 16.9 Å². The molecule has 2 aliphatic rings. The summed E-state index contributed by atoms with van der Waals surface area (Å²) in [6.07, 6.45) is 6.24. The van der Waals surface area contributed by atoms with Gasteiger partial charge in [0.15, 0.2) is 0 Å². The molecule has 0 atom stereocenters. The van der Waals surface area contributed by atoms with Crippen LogP contribution in [0.1, 0.15) is 35.1 Å². The summed E-state index contributed by atoms with van der Waals surface area (Å²) in [6, 6.07) is 7.67.